The molecule has 2 aromatic rings. The Morgan fingerprint density at radius 3 is 2.39 bits per heavy atom. The second-order valence-electron chi connectivity index (χ2n) is 8.22. The fourth-order valence-corrected chi connectivity index (χ4v) is 6.17. The minimum absolute atomic E-state index is 0.0797. The molecule has 0 unspecified atom stereocenters. The van der Waals surface area contributed by atoms with E-state index in [1.807, 2.05) is 12.5 Å². The Hall–Kier alpha value is -2.39. The van der Waals surface area contributed by atoms with Crippen LogP contribution in [0, 0.1) is 0 Å². The molecule has 0 radical (unpaired) electrons. The summed E-state index contributed by atoms with van der Waals surface area (Å²) in [5, 5.41) is 0. The maximum Gasteiger partial charge on any atom is 0.253 e. The number of carbonyl (C=O) groups is 1. The van der Waals surface area contributed by atoms with Crippen LogP contribution in [0.5, 0.6) is 5.75 Å². The molecule has 2 aliphatic heterocycles. The van der Waals surface area contributed by atoms with Crippen LogP contribution in [-0.4, -0.2) is 66.4 Å². The van der Waals surface area contributed by atoms with Gasteiger partial charge in [0.25, 0.3) is 5.91 Å². The summed E-state index contributed by atoms with van der Waals surface area (Å²) in [5.74, 6) is 0.138. The van der Waals surface area contributed by atoms with E-state index in [2.05, 4.69) is 9.55 Å². The van der Waals surface area contributed by atoms with E-state index in [1.54, 1.807) is 23.2 Å². The molecule has 9 heteroatoms. The van der Waals surface area contributed by atoms with Gasteiger partial charge in [0.2, 0.25) is 10.0 Å². The molecule has 4 rings (SSSR count). The standard InChI is InChI=1S/C22H30N4O4S/c1-30-20-7-6-18(16-21(20)31(28,29)26-11-4-2-3-5-12-26)22(27)24-13-8-19(9-14-24)25-15-10-23-17-25/h6-7,10,15-17,19H,2-5,8-9,11-14H2,1H3. The number of aromatic nitrogens is 2. The van der Waals surface area contributed by atoms with Crippen LogP contribution in [0.1, 0.15) is 54.9 Å². The molecule has 0 aliphatic carbocycles. The molecule has 0 bridgehead atoms. The minimum Gasteiger partial charge on any atom is -0.495 e. The van der Waals surface area contributed by atoms with E-state index in [-0.39, 0.29) is 16.6 Å². The Morgan fingerprint density at radius 2 is 1.77 bits per heavy atom. The van der Waals surface area contributed by atoms with Gasteiger partial charge in [-0.05, 0) is 43.9 Å². The lowest BCUT2D eigenvalue weighted by atomic mass is 10.0. The predicted octanol–water partition coefficient (Wildman–Crippen LogP) is 2.93. The summed E-state index contributed by atoms with van der Waals surface area (Å²) in [7, 11) is -2.27. The number of ether oxygens (including phenoxy) is 1. The van der Waals surface area contributed by atoms with E-state index in [9.17, 15) is 13.2 Å². The summed E-state index contributed by atoms with van der Waals surface area (Å²) in [6.07, 6.45) is 11.0. The minimum atomic E-state index is -3.73. The van der Waals surface area contributed by atoms with Crippen LogP contribution in [0.15, 0.2) is 41.8 Å². The first-order chi connectivity index (χ1) is 15.0. The third-order valence-corrected chi connectivity index (χ3v) is 8.21. The highest BCUT2D eigenvalue weighted by Crippen LogP contribution is 2.30. The number of amides is 1. The fourth-order valence-electron chi connectivity index (χ4n) is 4.47. The summed E-state index contributed by atoms with van der Waals surface area (Å²) in [5.41, 5.74) is 0.385. The first kappa shape index (κ1) is 21.8. The molecule has 0 saturated carbocycles. The van der Waals surface area contributed by atoms with Crippen molar-refractivity contribution in [1.82, 2.24) is 18.8 Å². The van der Waals surface area contributed by atoms with Gasteiger partial charge < -0.3 is 14.2 Å². The summed E-state index contributed by atoms with van der Waals surface area (Å²) >= 11 is 0. The third kappa shape index (κ3) is 4.62. The summed E-state index contributed by atoms with van der Waals surface area (Å²) in [6.45, 7) is 2.26. The van der Waals surface area contributed by atoms with Crippen LogP contribution in [0.2, 0.25) is 0 Å². The highest BCUT2D eigenvalue weighted by Gasteiger charge is 2.30. The van der Waals surface area contributed by atoms with Crippen LogP contribution in [-0.2, 0) is 10.0 Å². The average molecular weight is 447 g/mol. The largest absolute Gasteiger partial charge is 0.495 e. The van der Waals surface area contributed by atoms with Gasteiger partial charge in [0, 0.05) is 50.2 Å². The van der Waals surface area contributed by atoms with Crippen LogP contribution in [0.4, 0.5) is 0 Å². The van der Waals surface area contributed by atoms with Crippen molar-refractivity contribution in [3.8, 4) is 5.75 Å². The molecule has 31 heavy (non-hydrogen) atoms. The molecule has 2 aliphatic rings. The number of sulfonamides is 1. The van der Waals surface area contributed by atoms with Crippen molar-refractivity contribution in [3.05, 3.63) is 42.5 Å². The van der Waals surface area contributed by atoms with Crippen LogP contribution in [0.3, 0.4) is 0 Å². The van der Waals surface area contributed by atoms with Crippen LogP contribution in [0.25, 0.3) is 0 Å². The second kappa shape index (κ2) is 9.40. The van der Waals surface area contributed by atoms with Gasteiger partial charge in [-0.3, -0.25) is 4.79 Å². The van der Waals surface area contributed by atoms with E-state index < -0.39 is 10.0 Å². The lowest BCUT2D eigenvalue weighted by Gasteiger charge is -2.32. The number of rotatable bonds is 5. The third-order valence-electron chi connectivity index (χ3n) is 6.29. The molecule has 0 N–H and O–H groups in total. The Labute approximate surface area is 183 Å². The summed E-state index contributed by atoms with van der Waals surface area (Å²) < 4.78 is 35.7. The zero-order valence-corrected chi connectivity index (χ0v) is 18.8. The number of imidazole rings is 1. The van der Waals surface area contributed by atoms with E-state index in [0.29, 0.717) is 37.8 Å². The van der Waals surface area contributed by atoms with Gasteiger partial charge in [0.15, 0.2) is 0 Å². The van der Waals surface area contributed by atoms with Crippen molar-refractivity contribution in [2.24, 2.45) is 0 Å². The molecule has 0 atom stereocenters. The Bertz CT molecular complexity index is 991. The number of carbonyl (C=O) groups excluding carboxylic acids is 1. The molecular weight excluding hydrogens is 416 g/mol. The first-order valence-electron chi connectivity index (χ1n) is 11.0. The molecule has 0 spiro atoms. The number of hydrogen-bond acceptors (Lipinski definition) is 5. The van der Waals surface area contributed by atoms with Gasteiger partial charge in [-0.15, -0.1) is 0 Å². The van der Waals surface area contributed by atoms with E-state index in [0.717, 1.165) is 38.5 Å². The van der Waals surface area contributed by atoms with E-state index in [1.165, 1.54) is 17.5 Å². The smallest absolute Gasteiger partial charge is 0.253 e. The van der Waals surface area contributed by atoms with Crippen molar-refractivity contribution in [2.75, 3.05) is 33.3 Å². The Morgan fingerprint density at radius 1 is 1.06 bits per heavy atom. The summed E-state index contributed by atoms with van der Waals surface area (Å²) in [4.78, 5) is 19.1. The number of hydrogen-bond donors (Lipinski definition) is 0. The van der Waals surface area contributed by atoms with E-state index >= 15 is 0 Å². The van der Waals surface area contributed by atoms with Crippen molar-refractivity contribution in [1.29, 1.82) is 0 Å². The lowest BCUT2D eigenvalue weighted by molar-refractivity contribution is 0.0694. The zero-order chi connectivity index (χ0) is 21.8. The van der Waals surface area contributed by atoms with Crippen molar-refractivity contribution >= 4 is 15.9 Å². The van der Waals surface area contributed by atoms with Gasteiger partial charge in [-0.1, -0.05) is 12.8 Å². The molecule has 1 amide bonds. The quantitative estimate of drug-likeness (QED) is 0.705. The molecule has 1 aromatic carbocycles. The van der Waals surface area contributed by atoms with Gasteiger partial charge >= 0.3 is 0 Å². The zero-order valence-electron chi connectivity index (χ0n) is 17.9. The van der Waals surface area contributed by atoms with Crippen molar-refractivity contribution in [2.45, 2.75) is 49.5 Å². The maximum absolute atomic E-state index is 13.4. The highest BCUT2D eigenvalue weighted by molar-refractivity contribution is 7.89. The number of piperidine rings is 1. The Balaban J connectivity index is 1.53. The van der Waals surface area contributed by atoms with Crippen molar-refractivity contribution < 1.29 is 17.9 Å². The molecule has 2 saturated heterocycles. The molecule has 2 fully saturated rings. The van der Waals surface area contributed by atoms with Gasteiger partial charge in [0.05, 0.1) is 13.4 Å². The molecule has 8 nitrogen and oxygen atoms in total. The normalized spacial score (nSPS) is 19.2. The SMILES string of the molecule is COc1ccc(C(=O)N2CCC(n3ccnc3)CC2)cc1S(=O)(=O)N1CCCCCC1. The number of nitrogens with zero attached hydrogens (tertiary/aromatic N) is 4. The molecule has 168 valence electrons. The lowest BCUT2D eigenvalue weighted by Crippen LogP contribution is -2.39. The number of likely N-dealkylation sites (tertiary alicyclic amines) is 1. The number of methoxy groups -OCH3 is 1. The molecule has 3 heterocycles. The van der Waals surface area contributed by atoms with Gasteiger partial charge in [0.1, 0.15) is 10.6 Å². The van der Waals surface area contributed by atoms with Crippen LogP contribution < -0.4 is 4.74 Å². The average Bonchev–Trinajstić information content (AvgIpc) is 3.19. The monoisotopic (exact) mass is 446 g/mol. The topological polar surface area (TPSA) is 84.7 Å². The van der Waals surface area contributed by atoms with Gasteiger partial charge in [-0.2, -0.15) is 4.31 Å². The fraction of sp³-hybridized carbons (Fsp3) is 0.545. The highest BCUT2D eigenvalue weighted by atomic mass is 32.2. The van der Waals surface area contributed by atoms with Crippen molar-refractivity contribution in [3.63, 3.8) is 0 Å². The maximum atomic E-state index is 13.4. The predicted molar refractivity (Wildman–Crippen MR) is 117 cm³/mol. The van der Waals surface area contributed by atoms with Gasteiger partial charge in [-0.25, -0.2) is 13.4 Å². The molecular formula is C22H30N4O4S. The Kier molecular flexibility index (Phi) is 6.62. The number of benzene rings is 1. The van der Waals surface area contributed by atoms with E-state index in [4.69, 9.17) is 4.74 Å². The summed E-state index contributed by atoms with van der Waals surface area (Å²) in [6, 6.07) is 5.07. The van der Waals surface area contributed by atoms with Crippen LogP contribution >= 0.6 is 0 Å². The first-order valence-corrected chi connectivity index (χ1v) is 12.4. The second-order valence-corrected chi connectivity index (χ2v) is 10.1. The molecule has 1 aromatic heterocycles.